The minimum Gasteiger partial charge on any atom is -0.495 e. The van der Waals surface area contributed by atoms with Crippen LogP contribution in [0.1, 0.15) is 18.4 Å². The molecule has 1 aromatic heterocycles. The number of methoxy groups -OCH3 is 2. The normalized spacial score (nSPS) is 14.5. The van der Waals surface area contributed by atoms with Gasteiger partial charge in [0.05, 0.1) is 25.6 Å². The van der Waals surface area contributed by atoms with Crippen molar-refractivity contribution in [3.05, 3.63) is 78.6 Å². The molecule has 8 heteroatoms. The molecule has 1 fully saturated rings. The first-order valence-electron chi connectivity index (χ1n) is 13.9. The molecular formula is C32H39N5O3. The van der Waals surface area contributed by atoms with Gasteiger partial charge in [0.25, 0.3) is 0 Å². The van der Waals surface area contributed by atoms with Gasteiger partial charge in [0.15, 0.2) is 0 Å². The monoisotopic (exact) mass is 541 g/mol. The number of guanidine groups is 1. The van der Waals surface area contributed by atoms with Gasteiger partial charge in [-0.1, -0.05) is 36.4 Å². The van der Waals surface area contributed by atoms with Crippen LogP contribution in [0.5, 0.6) is 11.5 Å². The van der Waals surface area contributed by atoms with Crippen molar-refractivity contribution >= 4 is 34.0 Å². The van der Waals surface area contributed by atoms with Gasteiger partial charge in [-0.15, -0.1) is 0 Å². The zero-order valence-electron chi connectivity index (χ0n) is 23.7. The molecule has 8 nitrogen and oxygen atoms in total. The topological polar surface area (TPSA) is 79.7 Å². The number of anilines is 3. The van der Waals surface area contributed by atoms with Crippen molar-refractivity contribution in [1.82, 2.24) is 4.90 Å². The molecule has 1 saturated heterocycles. The standard InChI is InChI=1S/C32H39N5O3/c1-34-32(33)37(31-26-12-5-4-11-25(26)23-40-31)28-22-24(15-16-30(28)39-3)10-8-9-17-35-18-20-36(21-19-35)27-13-6-7-14-29(27)38-2/h4-7,11-16,22-23H,8-10,17-21H2,1-3H3,(H2,33,34). The molecule has 0 bridgehead atoms. The second-order valence-electron chi connectivity index (χ2n) is 10.0. The van der Waals surface area contributed by atoms with E-state index in [4.69, 9.17) is 19.6 Å². The molecule has 0 amide bonds. The van der Waals surface area contributed by atoms with Crippen molar-refractivity contribution in [1.29, 1.82) is 0 Å². The van der Waals surface area contributed by atoms with Crippen LogP contribution in [0.15, 0.2) is 82.4 Å². The highest BCUT2D eigenvalue weighted by molar-refractivity contribution is 6.08. The number of hydrogen-bond acceptors (Lipinski definition) is 6. The Morgan fingerprint density at radius 1 is 0.925 bits per heavy atom. The third-order valence-corrected chi connectivity index (χ3v) is 7.62. The van der Waals surface area contributed by atoms with Crippen molar-refractivity contribution in [2.75, 3.05) is 63.8 Å². The van der Waals surface area contributed by atoms with Gasteiger partial charge < -0.3 is 24.5 Å². The summed E-state index contributed by atoms with van der Waals surface area (Å²) in [5.41, 5.74) is 9.64. The SMILES string of the molecule is CN=C(N)N(c1cc(CCCCN2CCN(c3ccccc3OC)CC2)ccc1OC)c1occ2ccccc12. The summed E-state index contributed by atoms with van der Waals surface area (Å²) in [6.07, 6.45) is 4.95. The number of nitrogens with two attached hydrogens (primary N) is 1. The second kappa shape index (κ2) is 12.8. The van der Waals surface area contributed by atoms with E-state index in [1.807, 2.05) is 47.4 Å². The largest absolute Gasteiger partial charge is 0.495 e. The summed E-state index contributed by atoms with van der Waals surface area (Å²) in [5, 5.41) is 1.97. The van der Waals surface area contributed by atoms with Gasteiger partial charge in [0.2, 0.25) is 11.8 Å². The number of nitrogens with zero attached hydrogens (tertiary/aromatic N) is 4. The van der Waals surface area contributed by atoms with E-state index in [1.165, 1.54) is 11.3 Å². The average Bonchev–Trinajstić information content (AvgIpc) is 3.43. The van der Waals surface area contributed by atoms with Crippen molar-refractivity contribution in [2.45, 2.75) is 19.3 Å². The molecule has 0 radical (unpaired) electrons. The molecule has 0 saturated carbocycles. The molecule has 1 aliphatic heterocycles. The van der Waals surface area contributed by atoms with Gasteiger partial charge >= 0.3 is 0 Å². The quantitative estimate of drug-likeness (QED) is 0.157. The second-order valence-corrected chi connectivity index (χ2v) is 10.0. The number of fused-ring (bicyclic) bond motifs is 1. The van der Waals surface area contributed by atoms with Crippen LogP contribution in [0.3, 0.4) is 0 Å². The highest BCUT2D eigenvalue weighted by Gasteiger charge is 2.24. The molecule has 0 atom stereocenters. The molecule has 210 valence electrons. The number of unbranched alkanes of at least 4 members (excludes halogenated alkanes) is 1. The molecular weight excluding hydrogens is 502 g/mol. The first kappa shape index (κ1) is 27.4. The summed E-state index contributed by atoms with van der Waals surface area (Å²) in [7, 11) is 5.09. The van der Waals surface area contributed by atoms with Crippen LogP contribution in [0.25, 0.3) is 10.8 Å². The Kier molecular flexibility index (Phi) is 8.76. The number of rotatable bonds is 10. The Labute approximate surface area is 236 Å². The Bertz CT molecular complexity index is 1440. The number of benzene rings is 3. The van der Waals surface area contributed by atoms with Crippen LogP contribution in [0.2, 0.25) is 0 Å². The zero-order chi connectivity index (χ0) is 27.9. The van der Waals surface area contributed by atoms with Crippen LogP contribution < -0.4 is 25.0 Å². The maximum Gasteiger partial charge on any atom is 0.214 e. The lowest BCUT2D eigenvalue weighted by molar-refractivity contribution is 0.252. The fourth-order valence-corrected chi connectivity index (χ4v) is 5.42. The van der Waals surface area contributed by atoms with Gasteiger partial charge in [-0.05, 0) is 61.7 Å². The first-order valence-corrected chi connectivity index (χ1v) is 13.9. The van der Waals surface area contributed by atoms with Crippen LogP contribution in [-0.4, -0.2) is 64.9 Å². The Hall–Kier alpha value is -4.17. The van der Waals surface area contributed by atoms with E-state index in [0.717, 1.165) is 74.2 Å². The fourth-order valence-electron chi connectivity index (χ4n) is 5.42. The number of piperazine rings is 1. The molecule has 4 aromatic rings. The van der Waals surface area contributed by atoms with Crippen LogP contribution >= 0.6 is 0 Å². The van der Waals surface area contributed by atoms with Gasteiger partial charge in [-0.25, -0.2) is 4.90 Å². The van der Waals surface area contributed by atoms with E-state index < -0.39 is 0 Å². The van der Waals surface area contributed by atoms with Gasteiger partial charge in [-0.3, -0.25) is 9.89 Å². The van der Waals surface area contributed by atoms with Crippen molar-refractivity contribution in [3.63, 3.8) is 0 Å². The smallest absolute Gasteiger partial charge is 0.214 e. The zero-order valence-corrected chi connectivity index (χ0v) is 23.7. The number of ether oxygens (including phenoxy) is 2. The minimum absolute atomic E-state index is 0.336. The van der Waals surface area contributed by atoms with Gasteiger partial charge in [-0.2, -0.15) is 0 Å². The summed E-state index contributed by atoms with van der Waals surface area (Å²) >= 11 is 0. The summed E-state index contributed by atoms with van der Waals surface area (Å²) in [4.78, 5) is 11.1. The highest BCUT2D eigenvalue weighted by atomic mass is 16.5. The molecule has 2 N–H and O–H groups in total. The number of aryl methyl sites for hydroxylation is 1. The van der Waals surface area contributed by atoms with E-state index in [9.17, 15) is 0 Å². The van der Waals surface area contributed by atoms with E-state index >= 15 is 0 Å². The number of hydrogen-bond donors (Lipinski definition) is 1. The third kappa shape index (κ3) is 5.87. The highest BCUT2D eigenvalue weighted by Crippen LogP contribution is 2.39. The summed E-state index contributed by atoms with van der Waals surface area (Å²) in [5.74, 6) is 2.62. The Balaban J connectivity index is 1.22. The fraction of sp³-hybridized carbons (Fsp3) is 0.344. The lowest BCUT2D eigenvalue weighted by Gasteiger charge is -2.36. The summed E-state index contributed by atoms with van der Waals surface area (Å²) in [6, 6.07) is 22.6. The third-order valence-electron chi connectivity index (χ3n) is 7.62. The molecule has 40 heavy (non-hydrogen) atoms. The summed E-state index contributed by atoms with van der Waals surface area (Å²) < 4.78 is 17.3. The molecule has 0 aliphatic carbocycles. The average molecular weight is 542 g/mol. The number of furan rings is 1. The first-order chi connectivity index (χ1) is 19.6. The molecule has 0 spiro atoms. The predicted octanol–water partition coefficient (Wildman–Crippen LogP) is 5.68. The van der Waals surface area contributed by atoms with Crippen LogP contribution in [0.4, 0.5) is 17.3 Å². The number of aliphatic imine (C=N–C) groups is 1. The maximum atomic E-state index is 6.42. The van der Waals surface area contributed by atoms with Crippen molar-refractivity contribution in [3.8, 4) is 11.5 Å². The molecule has 3 aromatic carbocycles. The van der Waals surface area contributed by atoms with E-state index in [-0.39, 0.29) is 0 Å². The Morgan fingerprint density at radius 2 is 1.68 bits per heavy atom. The minimum atomic E-state index is 0.336. The van der Waals surface area contributed by atoms with Crippen LogP contribution in [0, 0.1) is 0 Å². The summed E-state index contributed by atoms with van der Waals surface area (Å²) in [6.45, 7) is 5.25. The van der Waals surface area contributed by atoms with E-state index in [2.05, 4.69) is 39.1 Å². The van der Waals surface area contributed by atoms with Gasteiger partial charge in [0, 0.05) is 44.0 Å². The Morgan fingerprint density at radius 3 is 2.45 bits per heavy atom. The van der Waals surface area contributed by atoms with Gasteiger partial charge in [0.1, 0.15) is 17.8 Å². The van der Waals surface area contributed by atoms with Crippen molar-refractivity contribution < 1.29 is 13.9 Å². The maximum absolute atomic E-state index is 6.42. The predicted molar refractivity (Wildman–Crippen MR) is 163 cm³/mol. The molecule has 5 rings (SSSR count). The molecule has 1 aliphatic rings. The van der Waals surface area contributed by atoms with Crippen molar-refractivity contribution in [2.24, 2.45) is 10.7 Å². The molecule has 2 heterocycles. The van der Waals surface area contributed by atoms with Crippen LogP contribution in [-0.2, 0) is 6.42 Å². The lowest BCUT2D eigenvalue weighted by Crippen LogP contribution is -2.46. The van der Waals surface area contributed by atoms with E-state index in [0.29, 0.717) is 17.6 Å². The lowest BCUT2D eigenvalue weighted by atomic mass is 10.1. The van der Waals surface area contributed by atoms with E-state index in [1.54, 1.807) is 27.5 Å². The number of para-hydroxylation sites is 2. The molecule has 0 unspecified atom stereocenters.